The van der Waals surface area contributed by atoms with Crippen molar-refractivity contribution in [3.05, 3.63) is 24.3 Å². The lowest BCUT2D eigenvalue weighted by atomic mass is 9.86. The number of para-hydroxylation sites is 2. The molecule has 2 N–H and O–H groups in total. The van der Waals surface area contributed by atoms with Gasteiger partial charge in [0.05, 0.1) is 32.9 Å². The average molecular weight is 321 g/mol. The standard InChI is InChI=1S/C18H28N2O3/c1-4-22-17-12-8-6-10-15(17)19-18(21)23-16-11-7-5-9-14(16)13-20(2)3/h6,8,10,12,14,16H,4-5,7,9,11,13H2,1-3H3,(H,19,21)/p+1/t14-,16-/m1/s1. The Labute approximate surface area is 139 Å². The van der Waals surface area contributed by atoms with Crippen LogP contribution in [0.1, 0.15) is 32.6 Å². The lowest BCUT2D eigenvalue weighted by molar-refractivity contribution is -0.862. The maximum Gasteiger partial charge on any atom is 0.412 e. The lowest BCUT2D eigenvalue weighted by Crippen LogP contribution is -3.06. The second-order valence-electron chi connectivity index (χ2n) is 6.45. The van der Waals surface area contributed by atoms with Crippen LogP contribution in [0.5, 0.6) is 5.75 Å². The quantitative estimate of drug-likeness (QED) is 0.845. The zero-order valence-electron chi connectivity index (χ0n) is 14.4. The molecule has 0 unspecified atom stereocenters. The van der Waals surface area contributed by atoms with E-state index in [1.54, 1.807) is 0 Å². The molecule has 0 heterocycles. The Morgan fingerprint density at radius 2 is 2.00 bits per heavy atom. The molecule has 0 radical (unpaired) electrons. The van der Waals surface area contributed by atoms with Crippen LogP contribution in [0.25, 0.3) is 0 Å². The largest absolute Gasteiger partial charge is 0.492 e. The number of nitrogens with one attached hydrogen (secondary N) is 2. The molecule has 1 amide bonds. The molecule has 5 heteroatoms. The van der Waals surface area contributed by atoms with Crippen LogP contribution >= 0.6 is 0 Å². The minimum atomic E-state index is -0.386. The minimum Gasteiger partial charge on any atom is -0.492 e. The lowest BCUT2D eigenvalue weighted by Gasteiger charge is -2.31. The Morgan fingerprint density at radius 3 is 2.74 bits per heavy atom. The summed E-state index contributed by atoms with van der Waals surface area (Å²) in [6.07, 6.45) is 4.08. The van der Waals surface area contributed by atoms with Gasteiger partial charge in [-0.05, 0) is 38.3 Å². The molecule has 0 saturated heterocycles. The molecule has 1 aromatic carbocycles. The third-order valence-corrected chi connectivity index (χ3v) is 4.19. The van der Waals surface area contributed by atoms with Gasteiger partial charge in [-0.25, -0.2) is 4.79 Å². The molecule has 2 atom stereocenters. The third-order valence-electron chi connectivity index (χ3n) is 4.19. The second kappa shape index (κ2) is 8.77. The summed E-state index contributed by atoms with van der Waals surface area (Å²) in [4.78, 5) is 13.7. The van der Waals surface area contributed by atoms with Crippen LogP contribution in [-0.4, -0.2) is 39.4 Å². The van der Waals surface area contributed by atoms with Gasteiger partial charge in [0.2, 0.25) is 0 Å². The van der Waals surface area contributed by atoms with Gasteiger partial charge in [0.25, 0.3) is 0 Å². The van der Waals surface area contributed by atoms with E-state index in [-0.39, 0.29) is 12.2 Å². The van der Waals surface area contributed by atoms with E-state index in [4.69, 9.17) is 9.47 Å². The van der Waals surface area contributed by atoms with Gasteiger partial charge in [0.15, 0.2) is 0 Å². The first kappa shape index (κ1) is 17.6. The highest BCUT2D eigenvalue weighted by molar-refractivity contribution is 5.86. The van der Waals surface area contributed by atoms with Crippen LogP contribution in [-0.2, 0) is 4.74 Å². The van der Waals surface area contributed by atoms with Crippen LogP contribution in [0, 0.1) is 5.92 Å². The Bertz CT molecular complexity index is 505. The van der Waals surface area contributed by atoms with Gasteiger partial charge in [-0.2, -0.15) is 0 Å². The van der Waals surface area contributed by atoms with E-state index in [1.165, 1.54) is 11.3 Å². The van der Waals surface area contributed by atoms with Gasteiger partial charge in [-0.3, -0.25) is 5.32 Å². The summed E-state index contributed by atoms with van der Waals surface area (Å²) in [6.45, 7) is 3.52. The number of quaternary nitrogens is 1. The number of hydrogen-bond acceptors (Lipinski definition) is 3. The smallest absolute Gasteiger partial charge is 0.412 e. The number of ether oxygens (including phenoxy) is 2. The molecule has 0 aromatic heterocycles. The van der Waals surface area contributed by atoms with E-state index in [2.05, 4.69) is 19.4 Å². The molecule has 1 fully saturated rings. The zero-order valence-corrected chi connectivity index (χ0v) is 14.4. The highest BCUT2D eigenvalue weighted by atomic mass is 16.6. The highest BCUT2D eigenvalue weighted by Crippen LogP contribution is 2.28. The van der Waals surface area contributed by atoms with Crippen molar-refractivity contribution in [2.45, 2.75) is 38.7 Å². The monoisotopic (exact) mass is 321 g/mol. The SMILES string of the molecule is CCOc1ccccc1NC(=O)O[C@@H]1CCCC[C@@H]1C[NH+](C)C. The van der Waals surface area contributed by atoms with Gasteiger partial charge in [0.1, 0.15) is 11.9 Å². The van der Waals surface area contributed by atoms with Crippen molar-refractivity contribution in [2.24, 2.45) is 5.92 Å². The maximum atomic E-state index is 12.3. The number of anilines is 1. The third kappa shape index (κ3) is 5.43. The number of carbonyl (C=O) groups is 1. The molecule has 0 aliphatic heterocycles. The summed E-state index contributed by atoms with van der Waals surface area (Å²) in [5, 5.41) is 2.82. The van der Waals surface area contributed by atoms with Gasteiger partial charge in [-0.15, -0.1) is 0 Å². The Balaban J connectivity index is 1.95. The average Bonchev–Trinajstić information content (AvgIpc) is 2.51. The molecule has 1 saturated carbocycles. The zero-order chi connectivity index (χ0) is 16.7. The van der Waals surface area contributed by atoms with Gasteiger partial charge < -0.3 is 14.4 Å². The number of amides is 1. The number of carbonyl (C=O) groups excluding carboxylic acids is 1. The van der Waals surface area contributed by atoms with Crippen molar-refractivity contribution in [3.63, 3.8) is 0 Å². The van der Waals surface area contributed by atoms with Crippen molar-refractivity contribution in [1.82, 2.24) is 0 Å². The van der Waals surface area contributed by atoms with E-state index in [9.17, 15) is 4.79 Å². The molecule has 1 aliphatic carbocycles. The van der Waals surface area contributed by atoms with E-state index in [0.717, 1.165) is 25.8 Å². The molecule has 0 bridgehead atoms. The number of hydrogen-bond donors (Lipinski definition) is 2. The van der Waals surface area contributed by atoms with Crippen molar-refractivity contribution >= 4 is 11.8 Å². The van der Waals surface area contributed by atoms with Crippen molar-refractivity contribution in [2.75, 3.05) is 32.6 Å². The molecule has 5 nitrogen and oxygen atoms in total. The molecular formula is C18H29N2O3+. The summed E-state index contributed by atoms with van der Waals surface area (Å²) in [6, 6.07) is 7.43. The fourth-order valence-corrected chi connectivity index (χ4v) is 3.21. The van der Waals surface area contributed by atoms with E-state index in [0.29, 0.717) is 24.0 Å². The first-order valence-electron chi connectivity index (χ1n) is 8.58. The van der Waals surface area contributed by atoms with Gasteiger partial charge in [-0.1, -0.05) is 18.6 Å². The minimum absolute atomic E-state index is 0.0119. The maximum absolute atomic E-state index is 12.3. The normalized spacial score (nSPS) is 21.0. The molecular weight excluding hydrogens is 292 g/mol. The van der Waals surface area contributed by atoms with Crippen molar-refractivity contribution in [3.8, 4) is 5.75 Å². The van der Waals surface area contributed by atoms with Crippen LogP contribution in [0.4, 0.5) is 10.5 Å². The van der Waals surface area contributed by atoms with Crippen LogP contribution in [0.3, 0.4) is 0 Å². The summed E-state index contributed by atoms with van der Waals surface area (Å²) in [5.41, 5.74) is 0.657. The topological polar surface area (TPSA) is 52.0 Å². The Hall–Kier alpha value is -1.75. The molecule has 1 aliphatic rings. The molecule has 1 aromatic rings. The van der Waals surface area contributed by atoms with Crippen LogP contribution in [0.2, 0.25) is 0 Å². The van der Waals surface area contributed by atoms with Crippen molar-refractivity contribution < 1.29 is 19.2 Å². The Kier molecular flexibility index (Phi) is 6.71. The van der Waals surface area contributed by atoms with Gasteiger partial charge in [0, 0.05) is 5.92 Å². The fraction of sp³-hybridized carbons (Fsp3) is 0.611. The second-order valence-corrected chi connectivity index (χ2v) is 6.45. The van der Waals surface area contributed by atoms with Gasteiger partial charge >= 0.3 is 6.09 Å². The molecule has 2 rings (SSSR count). The number of rotatable bonds is 6. The predicted octanol–water partition coefficient (Wildman–Crippen LogP) is 2.34. The first-order valence-corrected chi connectivity index (χ1v) is 8.58. The molecule has 0 spiro atoms. The summed E-state index contributed by atoms with van der Waals surface area (Å²) < 4.78 is 11.3. The molecule has 23 heavy (non-hydrogen) atoms. The summed E-state index contributed by atoms with van der Waals surface area (Å²) >= 11 is 0. The van der Waals surface area contributed by atoms with Crippen molar-refractivity contribution in [1.29, 1.82) is 0 Å². The highest BCUT2D eigenvalue weighted by Gasteiger charge is 2.30. The van der Waals surface area contributed by atoms with Crippen LogP contribution < -0.4 is 15.0 Å². The fourth-order valence-electron chi connectivity index (χ4n) is 3.21. The van der Waals surface area contributed by atoms with E-state index >= 15 is 0 Å². The van der Waals surface area contributed by atoms with E-state index < -0.39 is 0 Å². The summed E-state index contributed by atoms with van der Waals surface area (Å²) in [7, 11) is 4.29. The molecule has 128 valence electrons. The predicted molar refractivity (Wildman–Crippen MR) is 91.1 cm³/mol. The summed E-state index contributed by atoms with van der Waals surface area (Å²) in [5.74, 6) is 1.12. The van der Waals surface area contributed by atoms with E-state index in [1.807, 2.05) is 31.2 Å². The van der Waals surface area contributed by atoms with Crippen LogP contribution in [0.15, 0.2) is 24.3 Å². The first-order chi connectivity index (χ1) is 11.1. The number of benzene rings is 1. The Morgan fingerprint density at radius 1 is 1.26 bits per heavy atom.